The third-order valence-electron chi connectivity index (χ3n) is 6.00. The number of aryl methyl sites for hydroxylation is 2. The van der Waals surface area contributed by atoms with Crippen LogP contribution in [-0.4, -0.2) is 28.9 Å². The molecule has 2 heterocycles. The third kappa shape index (κ3) is 3.85. The summed E-state index contributed by atoms with van der Waals surface area (Å²) in [6.45, 7) is 3.93. The molecule has 0 radical (unpaired) electrons. The molecule has 1 aliphatic heterocycles. The van der Waals surface area contributed by atoms with Gasteiger partial charge in [-0.15, -0.1) is 0 Å². The molecule has 1 N–H and O–H groups in total. The van der Waals surface area contributed by atoms with Crippen molar-refractivity contribution in [3.05, 3.63) is 94.3 Å². The highest BCUT2D eigenvalue weighted by Crippen LogP contribution is 2.45. The van der Waals surface area contributed by atoms with Crippen molar-refractivity contribution in [1.82, 2.24) is 4.98 Å². The molecule has 1 aliphatic rings. The molecule has 0 bridgehead atoms. The first-order valence-electron chi connectivity index (χ1n) is 10.9. The van der Waals surface area contributed by atoms with E-state index in [1.54, 1.807) is 24.3 Å². The second kappa shape index (κ2) is 8.63. The summed E-state index contributed by atoms with van der Waals surface area (Å²) < 4.78 is 19.7. The summed E-state index contributed by atoms with van der Waals surface area (Å²) in [5.41, 5.74) is 3.48. The number of hydrogen-bond donors (Lipinski definition) is 1. The Bertz CT molecular complexity index is 1520. The van der Waals surface area contributed by atoms with Crippen molar-refractivity contribution in [3.8, 4) is 5.75 Å². The molecule has 3 aromatic carbocycles. The number of benzene rings is 3. The number of rotatable bonds is 4. The molecule has 5 rings (SSSR count). The number of anilines is 1. The summed E-state index contributed by atoms with van der Waals surface area (Å²) in [6.07, 6.45) is 0. The summed E-state index contributed by atoms with van der Waals surface area (Å²) in [5.74, 6) is -1.97. The lowest BCUT2D eigenvalue weighted by atomic mass is 9.95. The van der Waals surface area contributed by atoms with Crippen LogP contribution in [0.5, 0.6) is 5.75 Å². The van der Waals surface area contributed by atoms with Crippen molar-refractivity contribution >= 4 is 44.1 Å². The number of amides is 1. The number of thiazole rings is 1. The van der Waals surface area contributed by atoms with E-state index in [4.69, 9.17) is 9.72 Å². The lowest BCUT2D eigenvalue weighted by molar-refractivity contribution is -0.132. The fourth-order valence-corrected chi connectivity index (χ4v) is 5.55. The summed E-state index contributed by atoms with van der Waals surface area (Å²) in [4.78, 5) is 32.7. The summed E-state index contributed by atoms with van der Waals surface area (Å²) in [7, 11) is 1.52. The number of aromatic nitrogens is 1. The first-order valence-corrected chi connectivity index (χ1v) is 11.7. The summed E-state index contributed by atoms with van der Waals surface area (Å²) >= 11 is 1.31. The number of methoxy groups -OCH3 is 1. The number of halogens is 1. The van der Waals surface area contributed by atoms with E-state index in [-0.39, 0.29) is 16.9 Å². The zero-order chi connectivity index (χ0) is 24.9. The van der Waals surface area contributed by atoms with E-state index in [0.29, 0.717) is 16.4 Å². The van der Waals surface area contributed by atoms with Gasteiger partial charge in [0.15, 0.2) is 5.13 Å². The zero-order valence-corrected chi connectivity index (χ0v) is 20.0. The van der Waals surface area contributed by atoms with E-state index in [2.05, 4.69) is 0 Å². The minimum absolute atomic E-state index is 0.0954. The Morgan fingerprint density at radius 1 is 1.09 bits per heavy atom. The molecule has 35 heavy (non-hydrogen) atoms. The second-order valence-electron chi connectivity index (χ2n) is 8.38. The molecular weight excluding hydrogens is 467 g/mol. The van der Waals surface area contributed by atoms with Crippen LogP contribution in [0, 0.1) is 19.7 Å². The van der Waals surface area contributed by atoms with Gasteiger partial charge in [-0.25, -0.2) is 9.37 Å². The lowest BCUT2D eigenvalue weighted by Gasteiger charge is -2.23. The Morgan fingerprint density at radius 3 is 2.54 bits per heavy atom. The molecule has 0 aliphatic carbocycles. The normalized spacial score (nSPS) is 17.4. The molecule has 4 aromatic rings. The number of hydrogen-bond acceptors (Lipinski definition) is 6. The third-order valence-corrected chi connectivity index (χ3v) is 7.00. The van der Waals surface area contributed by atoms with Crippen molar-refractivity contribution in [2.24, 2.45) is 0 Å². The first kappa shape index (κ1) is 22.7. The lowest BCUT2D eigenvalue weighted by Crippen LogP contribution is -2.29. The predicted octanol–water partition coefficient (Wildman–Crippen LogP) is 5.69. The van der Waals surface area contributed by atoms with Crippen molar-refractivity contribution < 1.29 is 23.8 Å². The molecule has 8 heteroatoms. The maximum Gasteiger partial charge on any atom is 0.301 e. The number of aliphatic hydroxyl groups excluding tert-OH is 1. The number of fused-ring (bicyclic) bond motifs is 1. The standard InChI is InChI=1S/C27H21FN2O4S/c1-14-11-15(2)22-20(12-14)35-27(29-22)30-23(17-5-4-6-19(13-17)34-3)21(25(32)26(30)33)24(31)16-7-9-18(28)10-8-16/h4-13,23,31H,1-3H3. The zero-order valence-electron chi connectivity index (χ0n) is 19.2. The van der Waals surface area contributed by atoms with Gasteiger partial charge in [0.25, 0.3) is 5.78 Å². The van der Waals surface area contributed by atoms with E-state index in [1.807, 2.05) is 26.0 Å². The highest BCUT2D eigenvalue weighted by atomic mass is 32.1. The molecule has 1 aromatic heterocycles. The highest BCUT2D eigenvalue weighted by Gasteiger charge is 2.48. The monoisotopic (exact) mass is 488 g/mol. The molecule has 1 fully saturated rings. The average molecular weight is 489 g/mol. The van der Waals surface area contributed by atoms with Crippen LogP contribution < -0.4 is 9.64 Å². The summed E-state index contributed by atoms with van der Waals surface area (Å²) in [5, 5.41) is 11.5. The molecule has 0 saturated carbocycles. The molecule has 1 amide bonds. The molecule has 176 valence electrons. The quantitative estimate of drug-likeness (QED) is 0.227. The van der Waals surface area contributed by atoms with Gasteiger partial charge < -0.3 is 9.84 Å². The molecule has 1 unspecified atom stereocenters. The van der Waals surface area contributed by atoms with Crippen LogP contribution >= 0.6 is 11.3 Å². The van der Waals surface area contributed by atoms with E-state index in [0.717, 1.165) is 21.3 Å². The predicted molar refractivity (Wildman–Crippen MR) is 133 cm³/mol. The van der Waals surface area contributed by atoms with Gasteiger partial charge in [-0.2, -0.15) is 0 Å². The number of nitrogens with zero attached hydrogens (tertiary/aromatic N) is 2. The number of aliphatic hydroxyl groups is 1. The van der Waals surface area contributed by atoms with Gasteiger partial charge in [0.1, 0.15) is 17.3 Å². The molecule has 6 nitrogen and oxygen atoms in total. The second-order valence-corrected chi connectivity index (χ2v) is 9.39. The van der Waals surface area contributed by atoms with Crippen molar-refractivity contribution in [2.45, 2.75) is 19.9 Å². The van der Waals surface area contributed by atoms with Gasteiger partial charge in [0.05, 0.1) is 28.9 Å². The van der Waals surface area contributed by atoms with Crippen molar-refractivity contribution in [3.63, 3.8) is 0 Å². The fourth-order valence-electron chi connectivity index (χ4n) is 4.38. The number of carbonyl (C=O) groups excluding carboxylic acids is 2. The number of carbonyl (C=O) groups is 2. The van der Waals surface area contributed by atoms with Gasteiger partial charge in [-0.3, -0.25) is 14.5 Å². The van der Waals surface area contributed by atoms with Crippen molar-refractivity contribution in [2.75, 3.05) is 12.0 Å². The van der Waals surface area contributed by atoms with E-state index >= 15 is 0 Å². The van der Waals surface area contributed by atoms with Gasteiger partial charge in [-0.05, 0) is 73.0 Å². The van der Waals surface area contributed by atoms with E-state index < -0.39 is 23.5 Å². The average Bonchev–Trinajstić information content (AvgIpc) is 3.38. The maximum atomic E-state index is 13.5. The number of ketones is 1. The van der Waals surface area contributed by atoms with Crippen LogP contribution in [0.25, 0.3) is 16.0 Å². The Kier molecular flexibility index (Phi) is 5.61. The van der Waals surface area contributed by atoms with Gasteiger partial charge in [0.2, 0.25) is 0 Å². The van der Waals surface area contributed by atoms with Crippen LogP contribution in [0.3, 0.4) is 0 Å². The van der Waals surface area contributed by atoms with Crippen LogP contribution in [0.15, 0.2) is 66.2 Å². The fraction of sp³-hybridized carbons (Fsp3) is 0.148. The molecule has 0 spiro atoms. The van der Waals surface area contributed by atoms with E-state index in [1.165, 1.54) is 47.6 Å². The minimum atomic E-state index is -0.947. The Labute approximate surface area is 204 Å². The van der Waals surface area contributed by atoms with Gasteiger partial charge in [-0.1, -0.05) is 29.5 Å². The molecular formula is C27H21FN2O4S. The molecule has 1 saturated heterocycles. The minimum Gasteiger partial charge on any atom is -0.507 e. The Balaban J connectivity index is 1.75. The summed E-state index contributed by atoms with van der Waals surface area (Å²) in [6, 6.07) is 15.1. The van der Waals surface area contributed by atoms with Crippen molar-refractivity contribution in [1.29, 1.82) is 0 Å². The SMILES string of the molecule is COc1cccc(C2C(=C(O)c3ccc(F)cc3)C(=O)C(=O)N2c2nc3c(C)cc(C)cc3s2)c1. The van der Waals surface area contributed by atoms with E-state index in [9.17, 15) is 19.1 Å². The topological polar surface area (TPSA) is 79.7 Å². The smallest absolute Gasteiger partial charge is 0.301 e. The maximum absolute atomic E-state index is 13.5. The van der Waals surface area contributed by atoms with Crippen LogP contribution in [-0.2, 0) is 9.59 Å². The van der Waals surface area contributed by atoms with Crippen LogP contribution in [0.1, 0.15) is 28.3 Å². The number of Topliss-reactive ketones (excluding diaryl/α,β-unsaturated/α-hetero) is 1. The van der Waals surface area contributed by atoms with Crippen LogP contribution in [0.2, 0.25) is 0 Å². The Hall–Kier alpha value is -4.04. The van der Waals surface area contributed by atoms with Crippen LogP contribution in [0.4, 0.5) is 9.52 Å². The Morgan fingerprint density at radius 2 is 1.83 bits per heavy atom. The first-order chi connectivity index (χ1) is 16.8. The van der Waals surface area contributed by atoms with Gasteiger partial charge >= 0.3 is 5.91 Å². The van der Waals surface area contributed by atoms with Gasteiger partial charge in [0, 0.05) is 5.56 Å². The molecule has 1 atom stereocenters. The highest BCUT2D eigenvalue weighted by molar-refractivity contribution is 7.22. The number of ether oxygens (including phenoxy) is 1. The largest absolute Gasteiger partial charge is 0.507 e.